The molecule has 0 radical (unpaired) electrons. The molecule has 26 heavy (non-hydrogen) atoms. The minimum absolute atomic E-state index is 0.0555. The number of carbonyl (C=O) groups excluding carboxylic acids is 3. The summed E-state index contributed by atoms with van der Waals surface area (Å²) in [4.78, 5) is 44.0. The number of amides is 2. The van der Waals surface area contributed by atoms with Crippen molar-refractivity contribution in [2.24, 2.45) is 5.73 Å². The fraction of sp³-hybridized carbons (Fsp3) is 0.125. The van der Waals surface area contributed by atoms with Gasteiger partial charge in [-0.25, -0.2) is 9.97 Å². The lowest BCUT2D eigenvalue weighted by Crippen LogP contribution is -2.47. The zero-order valence-electron chi connectivity index (χ0n) is 13.4. The van der Waals surface area contributed by atoms with Gasteiger partial charge in [0.1, 0.15) is 11.7 Å². The Morgan fingerprint density at radius 2 is 1.96 bits per heavy atom. The first-order valence-electron chi connectivity index (χ1n) is 7.53. The van der Waals surface area contributed by atoms with Crippen molar-refractivity contribution in [2.75, 3.05) is 0 Å². The van der Waals surface area contributed by atoms with Gasteiger partial charge in [0, 0.05) is 18.8 Å². The van der Waals surface area contributed by atoms with Crippen LogP contribution in [-0.4, -0.2) is 43.4 Å². The van der Waals surface area contributed by atoms with Gasteiger partial charge in [-0.15, -0.1) is 0 Å². The highest BCUT2D eigenvalue weighted by Crippen LogP contribution is 2.09. The minimum atomic E-state index is -1.14. The minimum Gasteiger partial charge on any atom is -0.472 e. The fourth-order valence-electron chi connectivity index (χ4n) is 2.29. The highest BCUT2D eigenvalue weighted by molar-refractivity contribution is 6.38. The Kier molecular flexibility index (Phi) is 4.83. The molecule has 0 aliphatic rings. The molecule has 0 saturated carbocycles. The average molecular weight is 354 g/mol. The van der Waals surface area contributed by atoms with E-state index in [1.807, 2.05) is 0 Å². The van der Waals surface area contributed by atoms with E-state index in [1.165, 1.54) is 41.9 Å². The van der Waals surface area contributed by atoms with Gasteiger partial charge in [0.15, 0.2) is 0 Å². The van der Waals surface area contributed by atoms with Crippen molar-refractivity contribution < 1.29 is 18.8 Å². The van der Waals surface area contributed by atoms with Crippen LogP contribution in [0.2, 0.25) is 0 Å². The first-order valence-corrected chi connectivity index (χ1v) is 7.53. The Labute approximate surface area is 147 Å². The molecular weight excluding hydrogens is 340 g/mol. The van der Waals surface area contributed by atoms with Gasteiger partial charge in [-0.3, -0.25) is 14.4 Å². The standard InChI is InChI=1S/C16H14N6O4/c17-14(24)13(23)11(8-10-3-7-26-9-10)21-15(25)12-2-6-20-22(12)16-18-4-1-5-19-16/h1-7,9,11H,8H2,(H2,17,24)(H,21,25). The third kappa shape index (κ3) is 3.64. The van der Waals surface area contributed by atoms with Gasteiger partial charge in [0.05, 0.1) is 18.7 Å². The van der Waals surface area contributed by atoms with Crippen molar-refractivity contribution in [3.05, 3.63) is 60.6 Å². The summed E-state index contributed by atoms with van der Waals surface area (Å²) in [6.07, 6.45) is 7.29. The van der Waals surface area contributed by atoms with Crippen LogP contribution in [-0.2, 0) is 16.0 Å². The quantitative estimate of drug-likeness (QED) is 0.551. The third-order valence-corrected chi connectivity index (χ3v) is 3.50. The van der Waals surface area contributed by atoms with E-state index < -0.39 is 23.6 Å². The summed E-state index contributed by atoms with van der Waals surface area (Å²) < 4.78 is 6.16. The van der Waals surface area contributed by atoms with Crippen molar-refractivity contribution >= 4 is 17.6 Å². The molecule has 0 aliphatic carbocycles. The van der Waals surface area contributed by atoms with Crippen LogP contribution >= 0.6 is 0 Å². The van der Waals surface area contributed by atoms with Gasteiger partial charge in [-0.1, -0.05) is 0 Å². The lowest BCUT2D eigenvalue weighted by atomic mass is 10.0. The van der Waals surface area contributed by atoms with Crippen LogP contribution in [0.4, 0.5) is 0 Å². The van der Waals surface area contributed by atoms with E-state index in [0.717, 1.165) is 0 Å². The van der Waals surface area contributed by atoms with Crippen LogP contribution in [0.25, 0.3) is 5.95 Å². The summed E-state index contributed by atoms with van der Waals surface area (Å²) in [5, 5.41) is 6.51. The van der Waals surface area contributed by atoms with E-state index in [2.05, 4.69) is 20.4 Å². The maximum atomic E-state index is 12.6. The molecule has 10 nitrogen and oxygen atoms in total. The number of carbonyl (C=O) groups is 3. The van der Waals surface area contributed by atoms with Crippen LogP contribution in [0.1, 0.15) is 16.1 Å². The fourth-order valence-corrected chi connectivity index (χ4v) is 2.29. The molecule has 10 heteroatoms. The summed E-state index contributed by atoms with van der Waals surface area (Å²) >= 11 is 0. The predicted octanol–water partition coefficient (Wildman–Crippen LogP) is -0.349. The van der Waals surface area contributed by atoms with E-state index in [0.29, 0.717) is 5.56 Å². The molecule has 2 amide bonds. The Morgan fingerprint density at radius 3 is 2.62 bits per heavy atom. The lowest BCUT2D eigenvalue weighted by Gasteiger charge is -2.15. The van der Waals surface area contributed by atoms with Gasteiger partial charge >= 0.3 is 0 Å². The zero-order valence-corrected chi connectivity index (χ0v) is 13.4. The van der Waals surface area contributed by atoms with E-state index in [1.54, 1.807) is 12.1 Å². The topological polar surface area (TPSA) is 146 Å². The van der Waals surface area contributed by atoms with Crippen molar-refractivity contribution in [2.45, 2.75) is 12.5 Å². The van der Waals surface area contributed by atoms with Gasteiger partial charge < -0.3 is 15.5 Å². The number of primary amides is 1. The van der Waals surface area contributed by atoms with Crippen LogP contribution in [0.5, 0.6) is 0 Å². The molecule has 0 bridgehead atoms. The molecule has 0 fully saturated rings. The molecule has 3 heterocycles. The van der Waals surface area contributed by atoms with Crippen LogP contribution in [0, 0.1) is 0 Å². The summed E-state index contributed by atoms with van der Waals surface area (Å²) in [5.74, 6) is -2.49. The molecule has 3 aromatic rings. The molecule has 0 aromatic carbocycles. The Balaban J connectivity index is 1.83. The van der Waals surface area contributed by atoms with Gasteiger partial charge in [0.25, 0.3) is 17.8 Å². The van der Waals surface area contributed by atoms with Crippen molar-refractivity contribution in [3.63, 3.8) is 0 Å². The smallest absolute Gasteiger partial charge is 0.287 e. The maximum Gasteiger partial charge on any atom is 0.287 e. The summed E-state index contributed by atoms with van der Waals surface area (Å²) in [5.41, 5.74) is 5.81. The molecule has 0 saturated heterocycles. The Bertz CT molecular complexity index is 919. The summed E-state index contributed by atoms with van der Waals surface area (Å²) in [7, 11) is 0. The SMILES string of the molecule is NC(=O)C(=O)C(Cc1ccoc1)NC(=O)c1ccnn1-c1ncccn1. The molecule has 132 valence electrons. The van der Waals surface area contributed by atoms with E-state index in [4.69, 9.17) is 10.2 Å². The molecular formula is C16H14N6O4. The monoisotopic (exact) mass is 354 g/mol. The Hall–Kier alpha value is -3.82. The summed E-state index contributed by atoms with van der Waals surface area (Å²) in [6, 6.07) is 3.54. The second-order valence-corrected chi connectivity index (χ2v) is 5.27. The number of aromatic nitrogens is 4. The van der Waals surface area contributed by atoms with Crippen LogP contribution < -0.4 is 11.1 Å². The van der Waals surface area contributed by atoms with Gasteiger partial charge in [-0.05, 0) is 23.8 Å². The molecule has 3 aromatic heterocycles. The highest BCUT2D eigenvalue weighted by atomic mass is 16.3. The van der Waals surface area contributed by atoms with Crippen LogP contribution in [0.3, 0.4) is 0 Å². The number of nitrogens with one attached hydrogen (secondary N) is 1. The zero-order chi connectivity index (χ0) is 18.5. The lowest BCUT2D eigenvalue weighted by molar-refractivity contribution is -0.137. The molecule has 0 spiro atoms. The number of rotatable bonds is 7. The molecule has 3 N–H and O–H groups in total. The predicted molar refractivity (Wildman–Crippen MR) is 87.0 cm³/mol. The number of Topliss-reactive ketones (excluding diaryl/α,β-unsaturated/α-hetero) is 1. The molecule has 3 rings (SSSR count). The molecule has 1 atom stereocenters. The number of nitrogens with two attached hydrogens (primary N) is 1. The van der Waals surface area contributed by atoms with Crippen molar-refractivity contribution in [1.82, 2.24) is 25.1 Å². The number of nitrogens with zero attached hydrogens (tertiary/aromatic N) is 4. The van der Waals surface area contributed by atoms with Crippen LogP contribution in [0.15, 0.2) is 53.7 Å². The van der Waals surface area contributed by atoms with Gasteiger partial charge in [-0.2, -0.15) is 9.78 Å². The first-order chi connectivity index (χ1) is 12.6. The largest absolute Gasteiger partial charge is 0.472 e. The second kappa shape index (κ2) is 7.38. The summed E-state index contributed by atoms with van der Waals surface area (Å²) in [6.45, 7) is 0. The number of hydrogen-bond acceptors (Lipinski definition) is 7. The number of hydrogen-bond donors (Lipinski definition) is 2. The first kappa shape index (κ1) is 17.0. The average Bonchev–Trinajstić information content (AvgIpc) is 3.32. The van der Waals surface area contributed by atoms with Crippen molar-refractivity contribution in [3.8, 4) is 5.95 Å². The van der Waals surface area contributed by atoms with E-state index >= 15 is 0 Å². The van der Waals surface area contributed by atoms with Crippen molar-refractivity contribution in [1.29, 1.82) is 0 Å². The Morgan fingerprint density at radius 1 is 1.19 bits per heavy atom. The highest BCUT2D eigenvalue weighted by Gasteiger charge is 2.27. The third-order valence-electron chi connectivity index (χ3n) is 3.50. The van der Waals surface area contributed by atoms with E-state index in [-0.39, 0.29) is 18.1 Å². The second-order valence-electron chi connectivity index (χ2n) is 5.27. The molecule has 1 unspecified atom stereocenters. The normalized spacial score (nSPS) is 11.7. The molecule has 0 aliphatic heterocycles. The van der Waals surface area contributed by atoms with E-state index in [9.17, 15) is 14.4 Å². The number of ketones is 1. The maximum absolute atomic E-state index is 12.6. The number of furan rings is 1. The van der Waals surface area contributed by atoms with Gasteiger partial charge in [0.2, 0.25) is 5.78 Å².